The molecule has 4 heteroatoms. The van der Waals surface area contributed by atoms with Gasteiger partial charge >= 0.3 is 5.97 Å². The van der Waals surface area contributed by atoms with Gasteiger partial charge in [-0.15, -0.1) is 0 Å². The molecule has 1 unspecified atom stereocenters. The van der Waals surface area contributed by atoms with E-state index in [2.05, 4.69) is 4.74 Å². The summed E-state index contributed by atoms with van der Waals surface area (Å²) in [6.07, 6.45) is -2.80. The minimum Gasteiger partial charge on any atom is -0.468 e. The van der Waals surface area contributed by atoms with E-state index in [1.165, 1.54) is 19.1 Å². The van der Waals surface area contributed by atoms with Crippen molar-refractivity contribution < 1.29 is 18.3 Å². The summed E-state index contributed by atoms with van der Waals surface area (Å²) in [5, 5.41) is 0. The highest BCUT2D eigenvalue weighted by Gasteiger charge is 2.45. The summed E-state index contributed by atoms with van der Waals surface area (Å²) in [5.74, 6) is -0.927. The molecule has 2 nitrogen and oxygen atoms in total. The summed E-state index contributed by atoms with van der Waals surface area (Å²) < 4.78 is 30.2. The molecule has 1 aromatic rings. The number of carbonyl (C=O) groups excluding carboxylic acids is 1. The normalized spacial score (nSPS) is 14.7. The smallest absolute Gasteiger partial charge is 0.321 e. The van der Waals surface area contributed by atoms with Gasteiger partial charge in [0.05, 0.1) is 7.11 Å². The molecule has 1 aromatic carbocycles. The van der Waals surface area contributed by atoms with Crippen molar-refractivity contribution in [2.45, 2.75) is 18.8 Å². The van der Waals surface area contributed by atoms with Gasteiger partial charge in [0.2, 0.25) is 0 Å². The van der Waals surface area contributed by atoms with E-state index in [4.69, 9.17) is 0 Å². The third kappa shape index (κ3) is 1.98. The van der Waals surface area contributed by atoms with Crippen LogP contribution in [0.4, 0.5) is 8.78 Å². The Morgan fingerprint density at radius 2 is 1.87 bits per heavy atom. The van der Waals surface area contributed by atoms with Gasteiger partial charge in [0, 0.05) is 0 Å². The summed E-state index contributed by atoms with van der Waals surface area (Å²) >= 11 is 0. The largest absolute Gasteiger partial charge is 0.468 e. The van der Waals surface area contributed by atoms with Gasteiger partial charge in [-0.25, -0.2) is 8.78 Å². The second-order valence-electron chi connectivity index (χ2n) is 3.36. The first-order valence-corrected chi connectivity index (χ1v) is 4.45. The van der Waals surface area contributed by atoms with Crippen LogP contribution in [0.3, 0.4) is 0 Å². The molecule has 0 heterocycles. The molecule has 0 aliphatic rings. The van der Waals surface area contributed by atoms with Gasteiger partial charge in [0.1, 0.15) is 0 Å². The van der Waals surface area contributed by atoms with Crippen LogP contribution in [-0.4, -0.2) is 19.5 Å². The Morgan fingerprint density at radius 3 is 2.27 bits per heavy atom. The Balaban J connectivity index is 3.19. The van der Waals surface area contributed by atoms with Gasteiger partial charge in [-0.1, -0.05) is 30.3 Å². The van der Waals surface area contributed by atoms with Crippen molar-refractivity contribution in [2.24, 2.45) is 0 Å². The number of methoxy groups -OCH3 is 1. The minimum atomic E-state index is -2.80. The third-order valence-corrected chi connectivity index (χ3v) is 2.42. The van der Waals surface area contributed by atoms with Crippen LogP contribution in [0.5, 0.6) is 0 Å². The summed E-state index contributed by atoms with van der Waals surface area (Å²) in [7, 11) is 1.10. The Kier molecular flexibility index (Phi) is 3.39. The molecule has 0 bridgehead atoms. The molecule has 0 saturated carbocycles. The molecule has 0 aliphatic carbocycles. The van der Waals surface area contributed by atoms with E-state index in [1.54, 1.807) is 18.2 Å². The van der Waals surface area contributed by atoms with E-state index in [1.807, 2.05) is 0 Å². The quantitative estimate of drug-likeness (QED) is 0.722. The number of halogens is 2. The lowest BCUT2D eigenvalue weighted by Gasteiger charge is -2.25. The van der Waals surface area contributed by atoms with Gasteiger partial charge in [0.15, 0.2) is 5.41 Å². The third-order valence-electron chi connectivity index (χ3n) is 2.42. The molecule has 0 saturated heterocycles. The number of carbonyl (C=O) groups is 1. The van der Waals surface area contributed by atoms with E-state index in [9.17, 15) is 13.6 Å². The molecule has 0 radical (unpaired) electrons. The molecular formula is C11H12F2O2. The van der Waals surface area contributed by atoms with E-state index in [0.29, 0.717) is 0 Å². The fraction of sp³-hybridized carbons (Fsp3) is 0.364. The monoisotopic (exact) mass is 214 g/mol. The lowest BCUT2D eigenvalue weighted by molar-refractivity contribution is -0.153. The van der Waals surface area contributed by atoms with Crippen LogP contribution in [0.2, 0.25) is 0 Å². The fourth-order valence-electron chi connectivity index (χ4n) is 1.33. The molecule has 1 rings (SSSR count). The molecule has 0 aromatic heterocycles. The summed E-state index contributed by atoms with van der Waals surface area (Å²) in [5.41, 5.74) is -1.64. The van der Waals surface area contributed by atoms with E-state index >= 15 is 0 Å². The molecule has 82 valence electrons. The Morgan fingerprint density at radius 1 is 1.33 bits per heavy atom. The van der Waals surface area contributed by atoms with Gasteiger partial charge in [-0.2, -0.15) is 0 Å². The Labute approximate surface area is 86.9 Å². The van der Waals surface area contributed by atoms with Crippen molar-refractivity contribution >= 4 is 5.97 Å². The molecule has 0 N–H and O–H groups in total. The highest BCUT2D eigenvalue weighted by atomic mass is 19.3. The topological polar surface area (TPSA) is 26.3 Å². The predicted molar refractivity (Wildman–Crippen MR) is 51.8 cm³/mol. The first-order valence-electron chi connectivity index (χ1n) is 4.45. The lowest BCUT2D eigenvalue weighted by Crippen LogP contribution is -2.40. The lowest BCUT2D eigenvalue weighted by atomic mass is 9.83. The van der Waals surface area contributed by atoms with Crippen LogP contribution in [-0.2, 0) is 14.9 Å². The zero-order valence-electron chi connectivity index (χ0n) is 8.54. The molecular weight excluding hydrogens is 202 g/mol. The first-order chi connectivity index (χ1) is 7.03. The van der Waals surface area contributed by atoms with Crippen molar-refractivity contribution in [1.29, 1.82) is 0 Å². The number of hydrogen-bond donors (Lipinski definition) is 0. The van der Waals surface area contributed by atoms with Crippen LogP contribution in [0.15, 0.2) is 30.3 Å². The van der Waals surface area contributed by atoms with Crippen molar-refractivity contribution in [3.8, 4) is 0 Å². The second-order valence-corrected chi connectivity index (χ2v) is 3.36. The van der Waals surface area contributed by atoms with Crippen LogP contribution in [0, 0.1) is 0 Å². The van der Waals surface area contributed by atoms with Crippen molar-refractivity contribution in [2.75, 3.05) is 7.11 Å². The summed E-state index contributed by atoms with van der Waals surface area (Å²) in [6.45, 7) is 1.18. The van der Waals surface area contributed by atoms with Crippen molar-refractivity contribution in [3.05, 3.63) is 35.9 Å². The first kappa shape index (κ1) is 11.6. The maximum Gasteiger partial charge on any atom is 0.321 e. The number of rotatable bonds is 3. The molecule has 0 amide bonds. The van der Waals surface area contributed by atoms with Crippen LogP contribution in [0.1, 0.15) is 12.5 Å². The number of hydrogen-bond acceptors (Lipinski definition) is 2. The standard InChI is InChI=1S/C11H12F2O2/c1-11(9(12)13,10(14)15-2)8-6-4-3-5-7-8/h3-7,9H,1-2H3. The van der Waals surface area contributed by atoms with Gasteiger partial charge < -0.3 is 4.74 Å². The average Bonchev–Trinajstić information content (AvgIpc) is 2.27. The Hall–Kier alpha value is -1.45. The number of alkyl halides is 2. The molecule has 1 atom stereocenters. The van der Waals surface area contributed by atoms with Crippen molar-refractivity contribution in [3.63, 3.8) is 0 Å². The maximum atomic E-state index is 12.9. The van der Waals surface area contributed by atoms with E-state index in [-0.39, 0.29) is 5.56 Å². The maximum absolute atomic E-state index is 12.9. The van der Waals surface area contributed by atoms with E-state index < -0.39 is 17.8 Å². The number of esters is 1. The SMILES string of the molecule is COC(=O)C(C)(c1ccccc1)C(F)F. The highest BCUT2D eigenvalue weighted by Crippen LogP contribution is 2.31. The summed E-state index contributed by atoms with van der Waals surface area (Å²) in [4.78, 5) is 11.4. The zero-order chi connectivity index (χ0) is 11.5. The number of ether oxygens (including phenoxy) is 1. The zero-order valence-corrected chi connectivity index (χ0v) is 8.54. The Bertz CT molecular complexity index is 338. The van der Waals surface area contributed by atoms with Crippen LogP contribution >= 0.6 is 0 Å². The van der Waals surface area contributed by atoms with Gasteiger partial charge in [-0.05, 0) is 12.5 Å². The minimum absolute atomic E-state index is 0.256. The summed E-state index contributed by atoms with van der Waals surface area (Å²) in [6, 6.07) is 7.90. The van der Waals surface area contributed by atoms with E-state index in [0.717, 1.165) is 7.11 Å². The molecule has 0 spiro atoms. The van der Waals surface area contributed by atoms with Crippen molar-refractivity contribution in [1.82, 2.24) is 0 Å². The second kappa shape index (κ2) is 4.38. The molecule has 15 heavy (non-hydrogen) atoms. The average molecular weight is 214 g/mol. The fourth-order valence-corrected chi connectivity index (χ4v) is 1.33. The van der Waals surface area contributed by atoms with Crippen LogP contribution < -0.4 is 0 Å². The van der Waals surface area contributed by atoms with Gasteiger partial charge in [0.25, 0.3) is 6.43 Å². The number of benzene rings is 1. The molecule has 0 aliphatic heterocycles. The molecule has 0 fully saturated rings. The predicted octanol–water partition coefficient (Wildman–Crippen LogP) is 2.38. The van der Waals surface area contributed by atoms with Crippen LogP contribution in [0.25, 0.3) is 0 Å². The highest BCUT2D eigenvalue weighted by molar-refractivity contribution is 5.83. The van der Waals surface area contributed by atoms with Gasteiger partial charge in [-0.3, -0.25) is 4.79 Å².